The number of carbonyl (C=O) groups excluding carboxylic acids is 1. The molecule has 1 aromatic rings. The van der Waals surface area contributed by atoms with Crippen molar-refractivity contribution in [3.05, 3.63) is 29.8 Å². The molecule has 1 rings (SSSR count). The smallest absolute Gasteiger partial charge is 0.338 e. The van der Waals surface area contributed by atoms with Gasteiger partial charge in [-0.1, -0.05) is 0 Å². The Hall–Kier alpha value is -1.55. The maximum Gasteiger partial charge on any atom is 0.338 e. The highest BCUT2D eigenvalue weighted by Gasteiger charge is 2.06. The van der Waals surface area contributed by atoms with Gasteiger partial charge >= 0.3 is 5.97 Å². The van der Waals surface area contributed by atoms with E-state index in [2.05, 4.69) is 0 Å². The summed E-state index contributed by atoms with van der Waals surface area (Å²) >= 11 is 0. The minimum Gasteiger partial charge on any atom is -0.462 e. The van der Waals surface area contributed by atoms with Gasteiger partial charge in [0, 0.05) is 19.8 Å². The van der Waals surface area contributed by atoms with E-state index in [4.69, 9.17) is 10.5 Å². The molecule has 0 aliphatic carbocycles. The normalized spacial score (nSPS) is 9.94. The van der Waals surface area contributed by atoms with E-state index in [-0.39, 0.29) is 5.97 Å². The molecule has 0 saturated carbocycles. The zero-order valence-electron chi connectivity index (χ0n) is 9.77. The number of carbonyl (C=O) groups is 1. The first-order valence-corrected chi connectivity index (χ1v) is 5.29. The fraction of sp³-hybridized carbons (Fsp3) is 0.417. The monoisotopic (exact) mass is 222 g/mol. The molecule has 0 aliphatic rings. The van der Waals surface area contributed by atoms with E-state index in [1.165, 1.54) is 0 Å². The lowest BCUT2D eigenvalue weighted by atomic mass is 10.2. The molecule has 0 fully saturated rings. The molecule has 0 atom stereocenters. The van der Waals surface area contributed by atoms with Gasteiger partial charge in [0.2, 0.25) is 0 Å². The SMILES string of the molecule is CN(C)c1ccc(C(=O)OCCCN)cc1. The Morgan fingerprint density at radius 1 is 1.31 bits per heavy atom. The molecular weight excluding hydrogens is 204 g/mol. The molecule has 1 aromatic carbocycles. The highest BCUT2D eigenvalue weighted by molar-refractivity contribution is 5.89. The van der Waals surface area contributed by atoms with E-state index in [0.717, 1.165) is 5.69 Å². The van der Waals surface area contributed by atoms with Crippen molar-refractivity contribution in [3.63, 3.8) is 0 Å². The van der Waals surface area contributed by atoms with Crippen molar-refractivity contribution >= 4 is 11.7 Å². The van der Waals surface area contributed by atoms with Crippen molar-refractivity contribution in [3.8, 4) is 0 Å². The van der Waals surface area contributed by atoms with Gasteiger partial charge in [-0.25, -0.2) is 4.79 Å². The van der Waals surface area contributed by atoms with E-state index in [0.29, 0.717) is 25.1 Å². The second-order valence-corrected chi connectivity index (χ2v) is 3.72. The average Bonchev–Trinajstić information content (AvgIpc) is 2.29. The molecule has 4 nitrogen and oxygen atoms in total. The minimum absolute atomic E-state index is 0.293. The van der Waals surface area contributed by atoms with Crippen molar-refractivity contribution in [2.24, 2.45) is 5.73 Å². The molecule has 4 heteroatoms. The second kappa shape index (κ2) is 6.12. The molecule has 0 aliphatic heterocycles. The standard InChI is InChI=1S/C12H18N2O2/c1-14(2)11-6-4-10(5-7-11)12(15)16-9-3-8-13/h4-7H,3,8-9,13H2,1-2H3. The van der Waals surface area contributed by atoms with Crippen LogP contribution in [0.1, 0.15) is 16.8 Å². The van der Waals surface area contributed by atoms with Gasteiger partial charge in [0.15, 0.2) is 0 Å². The fourth-order valence-electron chi connectivity index (χ4n) is 1.23. The number of nitrogens with two attached hydrogens (primary N) is 1. The maximum absolute atomic E-state index is 11.5. The summed E-state index contributed by atoms with van der Waals surface area (Å²) in [6.07, 6.45) is 0.696. The number of rotatable bonds is 5. The quantitative estimate of drug-likeness (QED) is 0.602. The lowest BCUT2D eigenvalue weighted by Gasteiger charge is -2.12. The van der Waals surface area contributed by atoms with Crippen molar-refractivity contribution in [1.29, 1.82) is 0 Å². The Morgan fingerprint density at radius 3 is 2.44 bits per heavy atom. The van der Waals surface area contributed by atoms with Crippen LogP contribution >= 0.6 is 0 Å². The van der Waals surface area contributed by atoms with E-state index < -0.39 is 0 Å². The lowest BCUT2D eigenvalue weighted by Crippen LogP contribution is -2.11. The molecule has 0 amide bonds. The number of ether oxygens (including phenoxy) is 1. The van der Waals surface area contributed by atoms with E-state index in [1.807, 2.05) is 31.1 Å². The third-order valence-corrected chi connectivity index (χ3v) is 2.20. The average molecular weight is 222 g/mol. The second-order valence-electron chi connectivity index (χ2n) is 3.72. The predicted octanol–water partition coefficient (Wildman–Crippen LogP) is 1.26. The van der Waals surface area contributed by atoms with Gasteiger partial charge in [0.25, 0.3) is 0 Å². The van der Waals surface area contributed by atoms with Gasteiger partial charge in [-0.2, -0.15) is 0 Å². The summed E-state index contributed by atoms with van der Waals surface area (Å²) in [4.78, 5) is 13.5. The summed E-state index contributed by atoms with van der Waals surface area (Å²) in [5.41, 5.74) is 6.94. The first kappa shape index (κ1) is 12.5. The molecule has 0 aromatic heterocycles. The first-order valence-electron chi connectivity index (χ1n) is 5.29. The molecule has 0 saturated heterocycles. The van der Waals surface area contributed by atoms with E-state index >= 15 is 0 Å². The van der Waals surface area contributed by atoms with Crippen LogP contribution in [0.4, 0.5) is 5.69 Å². The summed E-state index contributed by atoms with van der Waals surface area (Å²) in [5.74, 6) is -0.293. The van der Waals surface area contributed by atoms with Crippen LogP contribution in [-0.4, -0.2) is 33.2 Å². The van der Waals surface area contributed by atoms with Crippen LogP contribution in [0, 0.1) is 0 Å². The number of hydrogen-bond acceptors (Lipinski definition) is 4. The van der Waals surface area contributed by atoms with E-state index in [1.54, 1.807) is 12.1 Å². The van der Waals surface area contributed by atoms with Crippen LogP contribution in [0.3, 0.4) is 0 Å². The van der Waals surface area contributed by atoms with Crippen molar-refractivity contribution < 1.29 is 9.53 Å². The van der Waals surface area contributed by atoms with Crippen LogP contribution in [0.5, 0.6) is 0 Å². The highest BCUT2D eigenvalue weighted by atomic mass is 16.5. The van der Waals surface area contributed by atoms with Crippen LogP contribution in [0.2, 0.25) is 0 Å². The Balaban J connectivity index is 2.56. The third-order valence-electron chi connectivity index (χ3n) is 2.20. The topological polar surface area (TPSA) is 55.6 Å². The van der Waals surface area contributed by atoms with Gasteiger partial charge in [-0.05, 0) is 37.2 Å². The fourth-order valence-corrected chi connectivity index (χ4v) is 1.23. The molecule has 16 heavy (non-hydrogen) atoms. The van der Waals surface area contributed by atoms with Crippen molar-refractivity contribution in [1.82, 2.24) is 0 Å². The van der Waals surface area contributed by atoms with Gasteiger partial charge in [-0.15, -0.1) is 0 Å². The van der Waals surface area contributed by atoms with E-state index in [9.17, 15) is 4.79 Å². The van der Waals surface area contributed by atoms with Crippen LogP contribution in [-0.2, 0) is 4.74 Å². The van der Waals surface area contributed by atoms with Crippen LogP contribution in [0.25, 0.3) is 0 Å². The molecule has 0 bridgehead atoms. The summed E-state index contributed by atoms with van der Waals surface area (Å²) in [6, 6.07) is 7.30. The van der Waals surface area contributed by atoms with Gasteiger partial charge in [0.1, 0.15) is 0 Å². The number of anilines is 1. The summed E-state index contributed by atoms with van der Waals surface area (Å²) in [6.45, 7) is 0.914. The highest BCUT2D eigenvalue weighted by Crippen LogP contribution is 2.12. The first-order chi connectivity index (χ1) is 7.65. The molecular formula is C12H18N2O2. The van der Waals surface area contributed by atoms with Crippen molar-refractivity contribution in [2.75, 3.05) is 32.1 Å². The number of esters is 1. The molecule has 0 unspecified atom stereocenters. The van der Waals surface area contributed by atoms with Crippen molar-refractivity contribution in [2.45, 2.75) is 6.42 Å². The molecule has 0 heterocycles. The third kappa shape index (κ3) is 3.55. The summed E-state index contributed by atoms with van der Waals surface area (Å²) in [7, 11) is 3.91. The Kier molecular flexibility index (Phi) is 4.79. The Labute approximate surface area is 96.0 Å². The summed E-state index contributed by atoms with van der Waals surface area (Å²) < 4.78 is 5.04. The zero-order valence-corrected chi connectivity index (χ0v) is 9.77. The number of nitrogens with zero attached hydrogens (tertiary/aromatic N) is 1. The van der Waals surface area contributed by atoms with Crippen LogP contribution < -0.4 is 10.6 Å². The lowest BCUT2D eigenvalue weighted by molar-refractivity contribution is 0.0503. The van der Waals surface area contributed by atoms with Gasteiger partial charge in [0.05, 0.1) is 12.2 Å². The van der Waals surface area contributed by atoms with Gasteiger partial charge < -0.3 is 15.4 Å². The number of benzene rings is 1. The van der Waals surface area contributed by atoms with Crippen LogP contribution in [0.15, 0.2) is 24.3 Å². The Bertz CT molecular complexity index is 333. The molecule has 0 spiro atoms. The molecule has 2 N–H and O–H groups in total. The summed E-state index contributed by atoms with van der Waals surface area (Å²) in [5, 5.41) is 0. The molecule has 88 valence electrons. The minimum atomic E-state index is -0.293. The van der Waals surface area contributed by atoms with Gasteiger partial charge in [-0.3, -0.25) is 0 Å². The Morgan fingerprint density at radius 2 is 1.94 bits per heavy atom. The molecule has 0 radical (unpaired) electrons. The predicted molar refractivity (Wildman–Crippen MR) is 64.7 cm³/mol. The maximum atomic E-state index is 11.5. The zero-order chi connectivity index (χ0) is 12.0. The largest absolute Gasteiger partial charge is 0.462 e. The number of hydrogen-bond donors (Lipinski definition) is 1.